The van der Waals surface area contributed by atoms with Crippen molar-refractivity contribution in [2.45, 2.75) is 51.2 Å². The number of amides is 1. The number of likely N-dealkylation sites (tertiary alicyclic amines) is 1. The average Bonchev–Trinajstić information content (AvgIpc) is 2.97. The fourth-order valence-electron chi connectivity index (χ4n) is 3.11. The number of piperidine rings is 1. The molecule has 0 saturated carbocycles. The van der Waals surface area contributed by atoms with Gasteiger partial charge in [-0.15, -0.1) is 0 Å². The highest BCUT2D eigenvalue weighted by atomic mass is 16.5. The number of carbonyl (C=O) groups excluding carboxylic acids is 1. The molecule has 2 heterocycles. The van der Waals surface area contributed by atoms with E-state index in [-0.39, 0.29) is 11.9 Å². The first-order chi connectivity index (χ1) is 10.1. The molecule has 1 N–H and O–H groups in total. The summed E-state index contributed by atoms with van der Waals surface area (Å²) in [4.78, 5) is 14.5. The third-order valence-corrected chi connectivity index (χ3v) is 4.20. The number of ether oxygens (including phenoxy) is 1. The summed E-state index contributed by atoms with van der Waals surface area (Å²) in [6.07, 6.45) is 5.03. The first-order valence-corrected chi connectivity index (χ1v) is 7.70. The Morgan fingerprint density at radius 3 is 2.76 bits per heavy atom. The second kappa shape index (κ2) is 7.61. The molecule has 1 fully saturated rings. The second-order valence-corrected chi connectivity index (χ2v) is 5.83. The Balaban J connectivity index is 1.92. The summed E-state index contributed by atoms with van der Waals surface area (Å²) in [5.74, 6) is 0.951. The first kappa shape index (κ1) is 16.0. The standard InChI is InChI=1S/C16H26N2O3/c1-12-6-4-7-13(2)18(12)16(19)10-17-14(11-20-3)15-8-5-9-21-15/h5,8-9,12-14,17H,4,6-7,10-11H2,1-3H3/t12-,13-,14-/m0/s1. The number of methoxy groups -OCH3 is 1. The Kier molecular flexibility index (Phi) is 5.82. The molecule has 2 rings (SSSR count). The smallest absolute Gasteiger partial charge is 0.237 e. The lowest BCUT2D eigenvalue weighted by molar-refractivity contribution is -0.136. The van der Waals surface area contributed by atoms with Gasteiger partial charge in [0.2, 0.25) is 5.91 Å². The molecule has 5 nitrogen and oxygen atoms in total. The SMILES string of the molecule is COC[C@H](NCC(=O)N1[C@@H](C)CCC[C@@H]1C)c1ccco1. The Hall–Kier alpha value is -1.33. The van der Waals surface area contributed by atoms with Crippen LogP contribution < -0.4 is 5.32 Å². The summed E-state index contributed by atoms with van der Waals surface area (Å²) < 4.78 is 10.6. The van der Waals surface area contributed by atoms with Crippen LogP contribution in [0.5, 0.6) is 0 Å². The molecule has 1 saturated heterocycles. The van der Waals surface area contributed by atoms with Crippen LogP contribution in [-0.4, -0.2) is 43.2 Å². The quantitative estimate of drug-likeness (QED) is 0.875. The lowest BCUT2D eigenvalue weighted by Crippen LogP contribution is -2.50. The van der Waals surface area contributed by atoms with E-state index < -0.39 is 0 Å². The van der Waals surface area contributed by atoms with Gasteiger partial charge in [0.25, 0.3) is 0 Å². The van der Waals surface area contributed by atoms with E-state index >= 15 is 0 Å². The summed E-state index contributed by atoms with van der Waals surface area (Å²) in [5, 5.41) is 3.25. The minimum atomic E-state index is -0.0932. The fraction of sp³-hybridized carbons (Fsp3) is 0.688. The molecule has 1 aromatic rings. The van der Waals surface area contributed by atoms with Crippen LogP contribution in [0.15, 0.2) is 22.8 Å². The fourth-order valence-corrected chi connectivity index (χ4v) is 3.11. The van der Waals surface area contributed by atoms with Crippen molar-refractivity contribution in [3.63, 3.8) is 0 Å². The van der Waals surface area contributed by atoms with Gasteiger partial charge in [0.1, 0.15) is 5.76 Å². The zero-order chi connectivity index (χ0) is 15.2. The number of nitrogens with zero attached hydrogens (tertiary/aromatic N) is 1. The van der Waals surface area contributed by atoms with Crippen LogP contribution in [0.2, 0.25) is 0 Å². The van der Waals surface area contributed by atoms with Gasteiger partial charge in [0.05, 0.1) is 25.5 Å². The van der Waals surface area contributed by atoms with Crippen molar-refractivity contribution < 1.29 is 13.9 Å². The van der Waals surface area contributed by atoms with Gasteiger partial charge in [0, 0.05) is 19.2 Å². The Bertz CT molecular complexity index is 423. The predicted octanol–water partition coefficient (Wildman–Crippen LogP) is 2.35. The van der Waals surface area contributed by atoms with Crippen molar-refractivity contribution in [2.24, 2.45) is 0 Å². The molecule has 21 heavy (non-hydrogen) atoms. The Labute approximate surface area is 126 Å². The van der Waals surface area contributed by atoms with Crippen LogP contribution in [0.4, 0.5) is 0 Å². The van der Waals surface area contributed by atoms with Gasteiger partial charge in [-0.3, -0.25) is 10.1 Å². The van der Waals surface area contributed by atoms with Gasteiger partial charge in [-0.05, 0) is 45.2 Å². The molecular formula is C16H26N2O3. The maximum atomic E-state index is 12.5. The van der Waals surface area contributed by atoms with Crippen molar-refractivity contribution in [2.75, 3.05) is 20.3 Å². The van der Waals surface area contributed by atoms with Gasteiger partial charge >= 0.3 is 0 Å². The largest absolute Gasteiger partial charge is 0.468 e. The highest BCUT2D eigenvalue weighted by molar-refractivity contribution is 5.79. The number of hydrogen-bond acceptors (Lipinski definition) is 4. The zero-order valence-corrected chi connectivity index (χ0v) is 13.2. The molecular weight excluding hydrogens is 268 g/mol. The normalized spacial score (nSPS) is 24.0. The van der Waals surface area contributed by atoms with E-state index in [1.807, 2.05) is 17.0 Å². The Morgan fingerprint density at radius 2 is 2.19 bits per heavy atom. The molecule has 0 aliphatic carbocycles. The van der Waals surface area contributed by atoms with Crippen LogP contribution in [0.3, 0.4) is 0 Å². The minimum absolute atomic E-state index is 0.0932. The number of furan rings is 1. The summed E-state index contributed by atoms with van der Waals surface area (Å²) in [7, 11) is 1.65. The summed E-state index contributed by atoms with van der Waals surface area (Å²) in [6, 6.07) is 4.30. The molecule has 1 amide bonds. The van der Waals surface area contributed by atoms with Crippen molar-refractivity contribution >= 4 is 5.91 Å². The van der Waals surface area contributed by atoms with E-state index in [9.17, 15) is 4.79 Å². The maximum Gasteiger partial charge on any atom is 0.237 e. The van der Waals surface area contributed by atoms with Crippen LogP contribution in [-0.2, 0) is 9.53 Å². The number of rotatable bonds is 6. The number of hydrogen-bond donors (Lipinski definition) is 1. The van der Waals surface area contributed by atoms with Gasteiger partial charge < -0.3 is 14.1 Å². The molecule has 3 atom stereocenters. The van der Waals surface area contributed by atoms with Crippen LogP contribution in [0, 0.1) is 0 Å². The van der Waals surface area contributed by atoms with Crippen LogP contribution in [0.25, 0.3) is 0 Å². The summed E-state index contributed by atoms with van der Waals surface area (Å²) >= 11 is 0. The second-order valence-electron chi connectivity index (χ2n) is 5.83. The molecule has 118 valence electrons. The molecule has 0 bridgehead atoms. The van der Waals surface area contributed by atoms with Crippen molar-refractivity contribution in [1.29, 1.82) is 0 Å². The monoisotopic (exact) mass is 294 g/mol. The van der Waals surface area contributed by atoms with Crippen LogP contribution >= 0.6 is 0 Å². The van der Waals surface area contributed by atoms with Gasteiger partial charge in [-0.1, -0.05) is 0 Å². The predicted molar refractivity (Wildman–Crippen MR) is 80.9 cm³/mol. The molecule has 0 radical (unpaired) electrons. The van der Waals surface area contributed by atoms with E-state index in [1.54, 1.807) is 13.4 Å². The molecule has 1 aliphatic rings. The highest BCUT2D eigenvalue weighted by Crippen LogP contribution is 2.22. The maximum absolute atomic E-state index is 12.5. The minimum Gasteiger partial charge on any atom is -0.468 e. The Morgan fingerprint density at radius 1 is 1.48 bits per heavy atom. The highest BCUT2D eigenvalue weighted by Gasteiger charge is 2.29. The molecule has 1 aliphatic heterocycles. The molecule has 1 aromatic heterocycles. The van der Waals surface area contributed by atoms with Gasteiger partial charge in [-0.25, -0.2) is 0 Å². The number of carbonyl (C=O) groups is 1. The van der Waals surface area contributed by atoms with Crippen molar-refractivity contribution in [1.82, 2.24) is 10.2 Å². The van der Waals surface area contributed by atoms with Gasteiger partial charge in [0.15, 0.2) is 0 Å². The van der Waals surface area contributed by atoms with E-state index in [0.29, 0.717) is 25.2 Å². The van der Waals surface area contributed by atoms with E-state index in [4.69, 9.17) is 9.15 Å². The third-order valence-electron chi connectivity index (χ3n) is 4.20. The molecule has 0 unspecified atom stereocenters. The number of nitrogens with one attached hydrogen (secondary N) is 1. The van der Waals surface area contributed by atoms with E-state index in [2.05, 4.69) is 19.2 Å². The van der Waals surface area contributed by atoms with Crippen molar-refractivity contribution in [3.05, 3.63) is 24.2 Å². The summed E-state index contributed by atoms with van der Waals surface area (Å²) in [6.45, 7) is 5.05. The summed E-state index contributed by atoms with van der Waals surface area (Å²) in [5.41, 5.74) is 0. The van der Waals surface area contributed by atoms with Crippen molar-refractivity contribution in [3.8, 4) is 0 Å². The topological polar surface area (TPSA) is 54.7 Å². The molecule has 5 heteroatoms. The first-order valence-electron chi connectivity index (χ1n) is 7.70. The average molecular weight is 294 g/mol. The van der Waals surface area contributed by atoms with Gasteiger partial charge in [-0.2, -0.15) is 0 Å². The molecule has 0 spiro atoms. The molecule has 0 aromatic carbocycles. The third kappa shape index (κ3) is 4.08. The lowest BCUT2D eigenvalue weighted by Gasteiger charge is -2.39. The van der Waals surface area contributed by atoms with E-state index in [1.165, 1.54) is 6.42 Å². The zero-order valence-electron chi connectivity index (χ0n) is 13.2. The lowest BCUT2D eigenvalue weighted by atomic mass is 9.97. The van der Waals surface area contributed by atoms with E-state index in [0.717, 1.165) is 18.6 Å². The van der Waals surface area contributed by atoms with Crippen LogP contribution in [0.1, 0.15) is 44.9 Å².